The molecule has 0 fully saturated rings. The number of hydrogen-bond acceptors (Lipinski definition) is 3. The number of benzene rings is 1. The molecule has 2 N–H and O–H groups in total. The second kappa shape index (κ2) is 8.36. The lowest BCUT2D eigenvalue weighted by atomic mass is 10.0. The molecule has 1 heterocycles. The summed E-state index contributed by atoms with van der Waals surface area (Å²) in [7, 11) is 0. The Bertz CT molecular complexity index is 917. The SMILES string of the molecule is CC(C)C(NC(=O)c1cc(-c2ncc(C(F)(F)F)cc2Cl)ccc1Cl)C(=O)O. The van der Waals surface area contributed by atoms with E-state index >= 15 is 0 Å². The number of alkyl halides is 3. The fraction of sp³-hybridized carbons (Fsp3) is 0.278. The maximum atomic E-state index is 12.8. The van der Waals surface area contributed by atoms with Crippen molar-refractivity contribution in [3.8, 4) is 11.3 Å². The van der Waals surface area contributed by atoms with Crippen molar-refractivity contribution in [3.63, 3.8) is 0 Å². The molecule has 2 rings (SSSR count). The number of aromatic nitrogens is 1. The average molecular weight is 435 g/mol. The van der Waals surface area contributed by atoms with Gasteiger partial charge < -0.3 is 10.4 Å². The van der Waals surface area contributed by atoms with Gasteiger partial charge in [-0.1, -0.05) is 43.1 Å². The fourth-order valence-electron chi connectivity index (χ4n) is 2.38. The maximum Gasteiger partial charge on any atom is 0.417 e. The van der Waals surface area contributed by atoms with Crippen LogP contribution in [0.15, 0.2) is 30.5 Å². The third-order valence-electron chi connectivity index (χ3n) is 3.87. The largest absolute Gasteiger partial charge is 0.480 e. The number of aliphatic carboxylic acids is 1. The minimum Gasteiger partial charge on any atom is -0.480 e. The van der Waals surface area contributed by atoms with Gasteiger partial charge in [-0.05, 0) is 24.1 Å². The minimum absolute atomic E-state index is 0.0269. The van der Waals surface area contributed by atoms with E-state index in [1.807, 2.05) is 0 Å². The number of rotatable bonds is 5. The Kier molecular flexibility index (Phi) is 6.56. The zero-order valence-electron chi connectivity index (χ0n) is 14.6. The van der Waals surface area contributed by atoms with Gasteiger partial charge in [0.25, 0.3) is 5.91 Å². The van der Waals surface area contributed by atoms with E-state index in [9.17, 15) is 27.9 Å². The molecule has 10 heteroatoms. The molecule has 0 radical (unpaired) electrons. The molecule has 0 saturated carbocycles. The quantitative estimate of drug-likeness (QED) is 0.700. The van der Waals surface area contributed by atoms with Gasteiger partial charge in [-0.15, -0.1) is 0 Å². The van der Waals surface area contributed by atoms with Gasteiger partial charge in [0.2, 0.25) is 0 Å². The number of carbonyl (C=O) groups excluding carboxylic acids is 1. The molecule has 1 amide bonds. The second-order valence-electron chi connectivity index (χ2n) is 6.28. The molecule has 0 aliphatic heterocycles. The van der Waals surface area contributed by atoms with Crippen LogP contribution in [-0.4, -0.2) is 28.0 Å². The third-order valence-corrected chi connectivity index (χ3v) is 4.49. The smallest absolute Gasteiger partial charge is 0.417 e. The highest BCUT2D eigenvalue weighted by atomic mass is 35.5. The number of carboxylic acid groups (broad SMARTS) is 1. The van der Waals surface area contributed by atoms with Gasteiger partial charge in [0.05, 0.1) is 26.9 Å². The van der Waals surface area contributed by atoms with Crippen molar-refractivity contribution in [1.29, 1.82) is 0 Å². The Morgan fingerprint density at radius 1 is 1.14 bits per heavy atom. The Morgan fingerprint density at radius 3 is 2.29 bits per heavy atom. The van der Waals surface area contributed by atoms with Crippen molar-refractivity contribution in [2.45, 2.75) is 26.1 Å². The molecule has 0 bridgehead atoms. The Hall–Kier alpha value is -2.32. The van der Waals surface area contributed by atoms with Gasteiger partial charge in [-0.3, -0.25) is 9.78 Å². The average Bonchev–Trinajstić information content (AvgIpc) is 2.58. The highest BCUT2D eigenvalue weighted by molar-refractivity contribution is 6.34. The van der Waals surface area contributed by atoms with Gasteiger partial charge >= 0.3 is 12.1 Å². The topological polar surface area (TPSA) is 79.3 Å². The molecule has 1 aromatic heterocycles. The summed E-state index contributed by atoms with van der Waals surface area (Å²) in [4.78, 5) is 27.5. The highest BCUT2D eigenvalue weighted by Crippen LogP contribution is 2.35. The zero-order valence-corrected chi connectivity index (χ0v) is 16.2. The molecule has 1 aromatic carbocycles. The first-order chi connectivity index (χ1) is 12.9. The molecule has 2 aromatic rings. The van der Waals surface area contributed by atoms with Crippen molar-refractivity contribution in [1.82, 2.24) is 10.3 Å². The van der Waals surface area contributed by atoms with Crippen LogP contribution < -0.4 is 5.32 Å². The number of pyridine rings is 1. The van der Waals surface area contributed by atoms with Crippen LogP contribution in [0.3, 0.4) is 0 Å². The number of halogens is 5. The van der Waals surface area contributed by atoms with Crippen molar-refractivity contribution < 1.29 is 27.9 Å². The summed E-state index contributed by atoms with van der Waals surface area (Å²) in [5.41, 5.74) is -0.776. The summed E-state index contributed by atoms with van der Waals surface area (Å²) in [5, 5.41) is 11.4. The molecule has 0 aliphatic carbocycles. The summed E-state index contributed by atoms with van der Waals surface area (Å²) in [6.07, 6.45) is -3.96. The predicted molar refractivity (Wildman–Crippen MR) is 98.4 cm³/mol. The maximum absolute atomic E-state index is 12.8. The standard InChI is InChI=1S/C18H15Cl2F3N2O3/c1-8(2)14(17(27)28)25-16(26)11-5-9(3-4-12(11)19)15-13(20)6-10(7-24-15)18(21,22)23/h3-8,14H,1-2H3,(H,25,26)(H,27,28). The lowest BCUT2D eigenvalue weighted by molar-refractivity contribution is -0.140. The molecule has 1 unspecified atom stereocenters. The first-order valence-corrected chi connectivity index (χ1v) is 8.73. The lowest BCUT2D eigenvalue weighted by Gasteiger charge is -2.18. The number of hydrogen-bond donors (Lipinski definition) is 2. The van der Waals surface area contributed by atoms with Gasteiger partial charge in [0.15, 0.2) is 0 Å². The van der Waals surface area contributed by atoms with Crippen molar-refractivity contribution >= 4 is 35.1 Å². The highest BCUT2D eigenvalue weighted by Gasteiger charge is 2.32. The van der Waals surface area contributed by atoms with Gasteiger partial charge in [-0.2, -0.15) is 13.2 Å². The van der Waals surface area contributed by atoms with E-state index in [2.05, 4.69) is 10.3 Å². The van der Waals surface area contributed by atoms with Crippen LogP contribution in [0, 0.1) is 5.92 Å². The Balaban J connectivity index is 2.41. The summed E-state index contributed by atoms with van der Waals surface area (Å²) >= 11 is 12.0. The molecule has 1 atom stereocenters. The first-order valence-electron chi connectivity index (χ1n) is 7.98. The minimum atomic E-state index is -4.59. The summed E-state index contributed by atoms with van der Waals surface area (Å²) < 4.78 is 38.3. The first kappa shape index (κ1) is 22.0. The van der Waals surface area contributed by atoms with E-state index in [4.69, 9.17) is 23.2 Å². The van der Waals surface area contributed by atoms with Gasteiger partial charge in [0, 0.05) is 11.8 Å². The number of nitrogens with one attached hydrogen (secondary N) is 1. The summed E-state index contributed by atoms with van der Waals surface area (Å²) in [5.74, 6) is -2.33. The van der Waals surface area contributed by atoms with Gasteiger partial charge in [-0.25, -0.2) is 4.79 Å². The monoisotopic (exact) mass is 434 g/mol. The van der Waals surface area contributed by atoms with Crippen LogP contribution in [0.5, 0.6) is 0 Å². The Labute approximate surface area is 168 Å². The van der Waals surface area contributed by atoms with E-state index < -0.39 is 29.7 Å². The van der Waals surface area contributed by atoms with Gasteiger partial charge in [0.1, 0.15) is 6.04 Å². The third kappa shape index (κ3) is 4.94. The second-order valence-corrected chi connectivity index (χ2v) is 7.09. The normalized spacial score (nSPS) is 12.7. The predicted octanol–water partition coefficient (Wildman–Crippen LogP) is 4.91. The van der Waals surface area contributed by atoms with Crippen LogP contribution in [0.4, 0.5) is 13.2 Å². The van der Waals surface area contributed by atoms with E-state index in [0.717, 1.165) is 6.07 Å². The summed E-state index contributed by atoms with van der Waals surface area (Å²) in [6, 6.07) is 3.68. The molecule has 0 aliphatic rings. The lowest BCUT2D eigenvalue weighted by Crippen LogP contribution is -2.44. The van der Waals surface area contributed by atoms with Crippen LogP contribution in [0.1, 0.15) is 29.8 Å². The van der Waals surface area contributed by atoms with E-state index in [-0.39, 0.29) is 32.8 Å². The van der Waals surface area contributed by atoms with E-state index in [1.165, 1.54) is 18.2 Å². The molecule has 0 saturated heterocycles. The molecule has 28 heavy (non-hydrogen) atoms. The number of amides is 1. The van der Waals surface area contributed by atoms with E-state index in [1.54, 1.807) is 13.8 Å². The fourth-order valence-corrected chi connectivity index (χ4v) is 2.86. The molecular weight excluding hydrogens is 420 g/mol. The number of carbonyl (C=O) groups is 2. The number of carboxylic acids is 1. The molecule has 5 nitrogen and oxygen atoms in total. The van der Waals surface area contributed by atoms with Crippen molar-refractivity contribution in [2.75, 3.05) is 0 Å². The van der Waals surface area contributed by atoms with Crippen LogP contribution >= 0.6 is 23.2 Å². The Morgan fingerprint density at radius 2 is 1.79 bits per heavy atom. The van der Waals surface area contributed by atoms with Crippen LogP contribution in [-0.2, 0) is 11.0 Å². The van der Waals surface area contributed by atoms with Crippen molar-refractivity contribution in [2.24, 2.45) is 5.92 Å². The molecular formula is C18H15Cl2F3N2O3. The summed E-state index contributed by atoms with van der Waals surface area (Å²) in [6.45, 7) is 3.26. The molecule has 150 valence electrons. The number of nitrogens with zero attached hydrogens (tertiary/aromatic N) is 1. The zero-order chi connectivity index (χ0) is 21.2. The van der Waals surface area contributed by atoms with Crippen LogP contribution in [0.25, 0.3) is 11.3 Å². The van der Waals surface area contributed by atoms with Crippen molar-refractivity contribution in [3.05, 3.63) is 51.6 Å². The molecule has 0 spiro atoms. The van der Waals surface area contributed by atoms with E-state index in [0.29, 0.717) is 6.20 Å². The van der Waals surface area contributed by atoms with Crippen LogP contribution in [0.2, 0.25) is 10.0 Å².